The fraction of sp³-hybridized carbons (Fsp3) is 0.385. The molecule has 1 unspecified atom stereocenters. The topological polar surface area (TPSA) is 12.0 Å². The zero-order valence-corrected chi connectivity index (χ0v) is 10.4. The Kier molecular flexibility index (Phi) is 5.50. The van der Waals surface area contributed by atoms with E-state index in [9.17, 15) is 4.39 Å². The highest BCUT2D eigenvalue weighted by Crippen LogP contribution is 2.15. The predicted octanol–water partition coefficient (Wildman–Crippen LogP) is 3.88. The van der Waals surface area contributed by atoms with Crippen molar-refractivity contribution in [2.45, 2.75) is 26.3 Å². The molecule has 0 saturated carbocycles. The van der Waals surface area contributed by atoms with Crippen molar-refractivity contribution >= 4 is 17.7 Å². The van der Waals surface area contributed by atoms with Crippen molar-refractivity contribution in [1.82, 2.24) is 5.32 Å². The Labute approximate surface area is 101 Å². The molecule has 1 atom stereocenters. The summed E-state index contributed by atoms with van der Waals surface area (Å²) >= 11 is 5.76. The monoisotopic (exact) mass is 241 g/mol. The Morgan fingerprint density at radius 2 is 2.19 bits per heavy atom. The first-order valence-corrected chi connectivity index (χ1v) is 5.87. The third-order valence-corrected chi connectivity index (χ3v) is 2.40. The fourth-order valence-corrected chi connectivity index (χ4v) is 1.60. The Hall–Kier alpha value is -0.860. The van der Waals surface area contributed by atoms with Crippen LogP contribution >= 0.6 is 11.6 Å². The van der Waals surface area contributed by atoms with Crippen LogP contribution in [0.3, 0.4) is 0 Å². The van der Waals surface area contributed by atoms with Crippen LogP contribution in [0, 0.1) is 5.82 Å². The molecule has 88 valence electrons. The fourth-order valence-electron chi connectivity index (χ4n) is 1.37. The smallest absolute Gasteiger partial charge is 0.125 e. The van der Waals surface area contributed by atoms with Crippen LogP contribution in [0.25, 0.3) is 6.08 Å². The molecule has 0 radical (unpaired) electrons. The normalized spacial score (nSPS) is 13.2. The molecule has 1 aromatic carbocycles. The van der Waals surface area contributed by atoms with Crippen molar-refractivity contribution in [3.8, 4) is 0 Å². The van der Waals surface area contributed by atoms with Gasteiger partial charge in [0.05, 0.1) is 0 Å². The van der Waals surface area contributed by atoms with Crippen LogP contribution in [-0.4, -0.2) is 12.6 Å². The lowest BCUT2D eigenvalue weighted by atomic mass is 10.2. The molecule has 0 fully saturated rings. The van der Waals surface area contributed by atoms with Gasteiger partial charge in [0.25, 0.3) is 0 Å². The summed E-state index contributed by atoms with van der Waals surface area (Å²) < 4.78 is 13.0. The maximum absolute atomic E-state index is 13.0. The van der Waals surface area contributed by atoms with E-state index >= 15 is 0 Å². The molecule has 0 amide bonds. The van der Waals surface area contributed by atoms with Gasteiger partial charge in [0.15, 0.2) is 0 Å². The van der Waals surface area contributed by atoms with Crippen LogP contribution in [0.15, 0.2) is 24.3 Å². The van der Waals surface area contributed by atoms with Crippen molar-refractivity contribution < 1.29 is 4.39 Å². The van der Waals surface area contributed by atoms with E-state index in [2.05, 4.69) is 19.2 Å². The molecule has 0 saturated heterocycles. The first-order chi connectivity index (χ1) is 7.61. The maximum Gasteiger partial charge on any atom is 0.125 e. The summed E-state index contributed by atoms with van der Waals surface area (Å²) in [6.07, 6.45) is 4.98. The third-order valence-electron chi connectivity index (χ3n) is 2.18. The molecule has 0 aliphatic heterocycles. The first kappa shape index (κ1) is 13.2. The summed E-state index contributed by atoms with van der Waals surface area (Å²) in [5.74, 6) is -0.304. The van der Waals surface area contributed by atoms with Gasteiger partial charge in [-0.3, -0.25) is 0 Å². The first-order valence-electron chi connectivity index (χ1n) is 5.49. The van der Waals surface area contributed by atoms with Crippen LogP contribution in [0.2, 0.25) is 5.02 Å². The molecule has 0 heterocycles. The van der Waals surface area contributed by atoms with Crippen LogP contribution in [0.4, 0.5) is 4.39 Å². The zero-order chi connectivity index (χ0) is 12.0. The number of benzene rings is 1. The molecular weight excluding hydrogens is 225 g/mol. The number of nitrogens with one attached hydrogen (secondary N) is 1. The summed E-state index contributed by atoms with van der Waals surface area (Å²) in [5, 5.41) is 3.74. The molecule has 1 nitrogen and oxygen atoms in total. The van der Waals surface area contributed by atoms with E-state index < -0.39 is 0 Å². The minimum atomic E-state index is -0.304. The second-order valence-corrected chi connectivity index (χ2v) is 4.24. The molecule has 0 bridgehead atoms. The Morgan fingerprint density at radius 1 is 1.44 bits per heavy atom. The molecular formula is C13H17ClFN. The maximum atomic E-state index is 13.0. The Bertz CT molecular complexity index is 343. The average Bonchev–Trinajstić information content (AvgIpc) is 2.22. The highest BCUT2D eigenvalue weighted by molar-refractivity contribution is 6.30. The van der Waals surface area contributed by atoms with Gasteiger partial charge < -0.3 is 5.32 Å². The van der Waals surface area contributed by atoms with Crippen molar-refractivity contribution in [2.24, 2.45) is 0 Å². The molecule has 1 aromatic rings. The van der Waals surface area contributed by atoms with E-state index in [1.54, 1.807) is 6.07 Å². The summed E-state index contributed by atoms with van der Waals surface area (Å²) in [5.41, 5.74) is 0.787. The van der Waals surface area contributed by atoms with Crippen molar-refractivity contribution in [3.05, 3.63) is 40.7 Å². The molecule has 0 aliphatic rings. The van der Waals surface area contributed by atoms with E-state index in [0.29, 0.717) is 5.02 Å². The molecule has 1 N–H and O–H groups in total. The van der Waals surface area contributed by atoms with Crippen molar-refractivity contribution in [1.29, 1.82) is 0 Å². The zero-order valence-electron chi connectivity index (χ0n) is 9.63. The van der Waals surface area contributed by atoms with Crippen molar-refractivity contribution in [2.75, 3.05) is 6.54 Å². The lowest BCUT2D eigenvalue weighted by Gasteiger charge is -2.07. The summed E-state index contributed by atoms with van der Waals surface area (Å²) in [7, 11) is 0. The molecule has 0 aromatic heterocycles. The van der Waals surface area contributed by atoms with Gasteiger partial charge in [0, 0.05) is 11.1 Å². The van der Waals surface area contributed by atoms with Crippen LogP contribution < -0.4 is 5.32 Å². The number of halogens is 2. The minimum absolute atomic E-state index is 0.280. The molecule has 0 spiro atoms. The second kappa shape index (κ2) is 6.66. The second-order valence-electron chi connectivity index (χ2n) is 3.80. The number of rotatable bonds is 5. The van der Waals surface area contributed by atoms with E-state index in [0.717, 1.165) is 18.5 Å². The van der Waals surface area contributed by atoms with E-state index in [4.69, 9.17) is 11.6 Å². The van der Waals surface area contributed by atoms with Gasteiger partial charge in [-0.05, 0) is 43.7 Å². The standard InChI is InChI=1S/C13H17ClFN/c1-3-6-16-10(2)4-5-11-7-12(14)9-13(15)8-11/h4-5,7-10,16H,3,6H2,1-2H3/b5-4+. The van der Waals surface area contributed by atoms with Gasteiger partial charge in [0.2, 0.25) is 0 Å². The van der Waals surface area contributed by atoms with Crippen molar-refractivity contribution in [3.63, 3.8) is 0 Å². The SMILES string of the molecule is CCCNC(C)/C=C/c1cc(F)cc(Cl)c1. The highest BCUT2D eigenvalue weighted by Gasteiger charge is 1.97. The van der Waals surface area contributed by atoms with Gasteiger partial charge >= 0.3 is 0 Å². The average molecular weight is 242 g/mol. The number of hydrogen-bond acceptors (Lipinski definition) is 1. The highest BCUT2D eigenvalue weighted by atomic mass is 35.5. The molecule has 1 rings (SSSR count). The molecule has 3 heteroatoms. The van der Waals surface area contributed by atoms with Gasteiger partial charge in [-0.2, -0.15) is 0 Å². The largest absolute Gasteiger partial charge is 0.311 e. The van der Waals surface area contributed by atoms with Crippen LogP contribution in [-0.2, 0) is 0 Å². The lowest BCUT2D eigenvalue weighted by molar-refractivity contribution is 0.624. The summed E-state index contributed by atoms with van der Waals surface area (Å²) in [4.78, 5) is 0. The van der Waals surface area contributed by atoms with Gasteiger partial charge in [-0.1, -0.05) is 30.7 Å². The summed E-state index contributed by atoms with van der Waals surface area (Å²) in [6, 6.07) is 4.79. The molecule has 16 heavy (non-hydrogen) atoms. The van der Waals surface area contributed by atoms with E-state index in [-0.39, 0.29) is 11.9 Å². The van der Waals surface area contributed by atoms with E-state index in [1.807, 2.05) is 12.2 Å². The van der Waals surface area contributed by atoms with Gasteiger partial charge in [-0.25, -0.2) is 4.39 Å². The quantitative estimate of drug-likeness (QED) is 0.825. The van der Waals surface area contributed by atoms with Gasteiger partial charge in [0.1, 0.15) is 5.82 Å². The summed E-state index contributed by atoms with van der Waals surface area (Å²) in [6.45, 7) is 5.16. The lowest BCUT2D eigenvalue weighted by Crippen LogP contribution is -2.24. The Morgan fingerprint density at radius 3 is 2.81 bits per heavy atom. The van der Waals surface area contributed by atoms with E-state index in [1.165, 1.54) is 12.1 Å². The molecule has 0 aliphatic carbocycles. The van der Waals surface area contributed by atoms with Crippen LogP contribution in [0.1, 0.15) is 25.8 Å². The van der Waals surface area contributed by atoms with Crippen LogP contribution in [0.5, 0.6) is 0 Å². The predicted molar refractivity (Wildman–Crippen MR) is 68.2 cm³/mol. The Balaban J connectivity index is 2.61. The third kappa shape index (κ3) is 4.77. The minimum Gasteiger partial charge on any atom is -0.311 e. The number of hydrogen-bond donors (Lipinski definition) is 1. The van der Waals surface area contributed by atoms with Gasteiger partial charge in [-0.15, -0.1) is 0 Å².